The zero-order valence-electron chi connectivity index (χ0n) is 18.9. The fourth-order valence-electron chi connectivity index (χ4n) is 4.54. The predicted molar refractivity (Wildman–Crippen MR) is 142 cm³/mol. The van der Waals surface area contributed by atoms with Crippen LogP contribution in [0.4, 0.5) is 4.39 Å². The molecule has 0 aliphatic heterocycles. The van der Waals surface area contributed by atoms with Crippen molar-refractivity contribution in [1.82, 2.24) is 15.0 Å². The van der Waals surface area contributed by atoms with Gasteiger partial charge in [-0.05, 0) is 41.0 Å². The molecule has 6 rings (SSSR count). The standard InChI is InChI=1S/C31H22FN3/c32-31-30(23-14-8-3-9-15-23)28-19-18-27(35-28)29(22-12-6-2-7-13-22)26-17-16-25(34-26)24(20-33-31)21-10-4-1-5-11-21/h1-20,34-35H. The van der Waals surface area contributed by atoms with Crippen LogP contribution in [-0.4, -0.2) is 15.0 Å². The van der Waals surface area contributed by atoms with E-state index in [0.717, 1.165) is 44.4 Å². The molecule has 3 heterocycles. The van der Waals surface area contributed by atoms with Crippen molar-refractivity contribution in [2.75, 3.05) is 0 Å². The lowest BCUT2D eigenvalue weighted by Gasteiger charge is -2.05. The average Bonchev–Trinajstić information content (AvgIpc) is 3.57. The second kappa shape index (κ2) is 8.92. The van der Waals surface area contributed by atoms with Gasteiger partial charge in [-0.2, -0.15) is 4.39 Å². The molecule has 2 N–H and O–H groups in total. The maximum atomic E-state index is 15.8. The first kappa shape index (κ1) is 20.9. The molecule has 0 amide bonds. The Labute approximate surface area is 202 Å². The van der Waals surface area contributed by atoms with E-state index >= 15 is 4.39 Å². The third kappa shape index (κ3) is 3.96. The number of H-pyrrole nitrogens is 2. The molecule has 35 heavy (non-hydrogen) atoms. The Hall–Kier alpha value is -4.70. The van der Waals surface area contributed by atoms with Gasteiger partial charge in [-0.15, -0.1) is 0 Å². The highest BCUT2D eigenvalue weighted by Gasteiger charge is 2.12. The lowest BCUT2D eigenvalue weighted by atomic mass is 10.1. The fourth-order valence-corrected chi connectivity index (χ4v) is 4.54. The number of nitrogens with one attached hydrogen (secondary N) is 2. The van der Waals surface area contributed by atoms with E-state index in [4.69, 9.17) is 0 Å². The summed E-state index contributed by atoms with van der Waals surface area (Å²) in [5.41, 5.74) is 8.43. The number of benzene rings is 3. The number of rotatable bonds is 3. The summed E-state index contributed by atoms with van der Waals surface area (Å²) in [5.74, 6) is -0.549. The van der Waals surface area contributed by atoms with Gasteiger partial charge in [0.2, 0.25) is 5.95 Å². The van der Waals surface area contributed by atoms with Crippen molar-refractivity contribution in [2.24, 2.45) is 0 Å². The SMILES string of the molecule is Fc1ncc(-c2ccccc2)c2ccc([nH]2)c(-c2ccccc2)c2ccc([nH]2)c1-c1ccccc1. The summed E-state index contributed by atoms with van der Waals surface area (Å²) in [6, 6.07) is 37.7. The Kier molecular flexibility index (Phi) is 5.32. The largest absolute Gasteiger partial charge is 0.354 e. The number of hydrogen-bond acceptors (Lipinski definition) is 1. The third-order valence-corrected chi connectivity index (χ3v) is 6.19. The minimum Gasteiger partial charge on any atom is -0.354 e. The summed E-state index contributed by atoms with van der Waals surface area (Å²) in [6.45, 7) is 0. The van der Waals surface area contributed by atoms with Crippen molar-refractivity contribution in [2.45, 2.75) is 0 Å². The Balaban J connectivity index is 1.79. The van der Waals surface area contributed by atoms with Gasteiger partial charge in [0.25, 0.3) is 0 Å². The number of nitrogens with zero attached hydrogens (tertiary/aromatic N) is 1. The normalized spacial score (nSPS) is 11.0. The molecule has 0 atom stereocenters. The molecule has 0 saturated carbocycles. The zero-order valence-corrected chi connectivity index (χ0v) is 18.9. The molecular formula is C31H22FN3. The molecular weight excluding hydrogens is 433 g/mol. The highest BCUT2D eigenvalue weighted by molar-refractivity contribution is 5.96. The quantitative estimate of drug-likeness (QED) is 0.277. The van der Waals surface area contributed by atoms with Crippen LogP contribution < -0.4 is 0 Å². The monoisotopic (exact) mass is 455 g/mol. The predicted octanol–water partition coefficient (Wildman–Crippen LogP) is 8.31. The van der Waals surface area contributed by atoms with Gasteiger partial charge in [0, 0.05) is 33.9 Å². The van der Waals surface area contributed by atoms with E-state index in [-0.39, 0.29) is 0 Å². The molecule has 3 aromatic carbocycles. The maximum absolute atomic E-state index is 15.8. The van der Waals surface area contributed by atoms with Crippen molar-refractivity contribution in [3.8, 4) is 33.4 Å². The first-order valence-corrected chi connectivity index (χ1v) is 11.5. The lowest BCUT2D eigenvalue weighted by molar-refractivity contribution is 0.590. The van der Waals surface area contributed by atoms with Gasteiger partial charge in [0.05, 0.1) is 11.1 Å². The number of halogens is 1. The molecule has 0 spiro atoms. The lowest BCUT2D eigenvalue weighted by Crippen LogP contribution is -1.88. The summed E-state index contributed by atoms with van der Waals surface area (Å²) < 4.78 is 15.8. The van der Waals surface area contributed by atoms with Crippen LogP contribution in [0.3, 0.4) is 0 Å². The second-order valence-corrected chi connectivity index (χ2v) is 8.38. The zero-order chi connectivity index (χ0) is 23.6. The number of aromatic nitrogens is 3. The van der Waals surface area contributed by atoms with Gasteiger partial charge in [0.15, 0.2) is 0 Å². The highest BCUT2D eigenvalue weighted by atomic mass is 19.1. The minimum absolute atomic E-state index is 0.428. The van der Waals surface area contributed by atoms with E-state index in [1.54, 1.807) is 6.20 Å². The number of fused-ring (bicyclic) bond motifs is 4. The van der Waals surface area contributed by atoms with Gasteiger partial charge in [-0.3, -0.25) is 0 Å². The van der Waals surface area contributed by atoms with Gasteiger partial charge in [-0.1, -0.05) is 91.0 Å². The van der Waals surface area contributed by atoms with Gasteiger partial charge in [0.1, 0.15) is 0 Å². The van der Waals surface area contributed by atoms with Crippen molar-refractivity contribution in [3.63, 3.8) is 0 Å². The summed E-state index contributed by atoms with van der Waals surface area (Å²) in [6.07, 6.45) is 1.61. The second-order valence-electron chi connectivity index (χ2n) is 8.38. The molecule has 0 aliphatic carbocycles. The van der Waals surface area contributed by atoms with E-state index in [9.17, 15) is 0 Å². The molecule has 0 fully saturated rings. The van der Waals surface area contributed by atoms with Crippen LogP contribution in [0.2, 0.25) is 0 Å². The van der Waals surface area contributed by atoms with Crippen molar-refractivity contribution in [1.29, 1.82) is 0 Å². The minimum atomic E-state index is -0.549. The van der Waals surface area contributed by atoms with Crippen molar-refractivity contribution in [3.05, 3.63) is 127 Å². The Morgan fingerprint density at radius 2 is 0.886 bits per heavy atom. The maximum Gasteiger partial charge on any atom is 0.222 e. The fraction of sp³-hybridized carbons (Fsp3) is 0. The number of hydrogen-bond donors (Lipinski definition) is 2. The summed E-state index contributed by atoms with van der Waals surface area (Å²) in [4.78, 5) is 11.3. The summed E-state index contributed by atoms with van der Waals surface area (Å²) in [7, 11) is 0. The van der Waals surface area contributed by atoms with Gasteiger partial charge >= 0.3 is 0 Å². The van der Waals surface area contributed by atoms with Crippen LogP contribution in [0.5, 0.6) is 0 Å². The molecule has 4 bridgehead atoms. The molecule has 0 aliphatic rings. The van der Waals surface area contributed by atoms with E-state index in [0.29, 0.717) is 11.1 Å². The van der Waals surface area contributed by atoms with Crippen LogP contribution in [0.15, 0.2) is 121 Å². The van der Waals surface area contributed by atoms with Gasteiger partial charge < -0.3 is 9.97 Å². The molecule has 0 saturated heterocycles. The summed E-state index contributed by atoms with van der Waals surface area (Å²) in [5, 5.41) is 0. The molecule has 3 aromatic heterocycles. The van der Waals surface area contributed by atoms with E-state index in [1.807, 2.05) is 97.1 Å². The molecule has 0 unspecified atom stereocenters. The Morgan fingerprint density at radius 3 is 1.46 bits per heavy atom. The van der Waals surface area contributed by atoms with Crippen LogP contribution in [0, 0.1) is 5.95 Å². The molecule has 4 heteroatoms. The summed E-state index contributed by atoms with van der Waals surface area (Å²) >= 11 is 0. The smallest absolute Gasteiger partial charge is 0.222 e. The average molecular weight is 456 g/mol. The first-order valence-electron chi connectivity index (χ1n) is 11.5. The Bertz CT molecular complexity index is 1680. The molecule has 168 valence electrons. The highest BCUT2D eigenvalue weighted by Crippen LogP contribution is 2.32. The van der Waals surface area contributed by atoms with Crippen LogP contribution in [-0.2, 0) is 0 Å². The van der Waals surface area contributed by atoms with Crippen LogP contribution >= 0.6 is 0 Å². The van der Waals surface area contributed by atoms with E-state index in [2.05, 4.69) is 33.2 Å². The topological polar surface area (TPSA) is 44.5 Å². The number of aromatic amines is 2. The third-order valence-electron chi connectivity index (χ3n) is 6.19. The van der Waals surface area contributed by atoms with Crippen molar-refractivity contribution < 1.29 is 4.39 Å². The molecule has 3 nitrogen and oxygen atoms in total. The van der Waals surface area contributed by atoms with Gasteiger partial charge in [-0.25, -0.2) is 4.98 Å². The molecule has 6 aromatic rings. The first-order chi connectivity index (χ1) is 17.3. The van der Waals surface area contributed by atoms with E-state index < -0.39 is 5.95 Å². The molecule has 0 radical (unpaired) electrons. The van der Waals surface area contributed by atoms with Crippen molar-refractivity contribution >= 4 is 22.1 Å². The Morgan fingerprint density at radius 1 is 0.457 bits per heavy atom. The van der Waals surface area contributed by atoms with Crippen LogP contribution in [0.25, 0.3) is 55.4 Å². The van der Waals surface area contributed by atoms with E-state index in [1.165, 1.54) is 0 Å². The van der Waals surface area contributed by atoms with Crippen LogP contribution in [0.1, 0.15) is 0 Å².